The van der Waals surface area contributed by atoms with Crippen LogP contribution in [0.1, 0.15) is 39.8 Å². The van der Waals surface area contributed by atoms with Crippen LogP contribution in [0, 0.1) is 13.8 Å². The lowest BCUT2D eigenvalue weighted by Gasteiger charge is -2.22. The predicted molar refractivity (Wildman–Crippen MR) is 129 cm³/mol. The zero-order chi connectivity index (χ0) is 24.5. The first-order chi connectivity index (χ1) is 16.2. The summed E-state index contributed by atoms with van der Waals surface area (Å²) in [5.74, 6) is -0.0431. The maximum Gasteiger partial charge on any atom is 0.325 e. The smallest absolute Gasteiger partial charge is 0.325 e. The van der Waals surface area contributed by atoms with Crippen molar-refractivity contribution in [2.75, 3.05) is 13.7 Å². The molecule has 176 valence electrons. The summed E-state index contributed by atoms with van der Waals surface area (Å²) in [4.78, 5) is 40.2. The van der Waals surface area contributed by atoms with Crippen molar-refractivity contribution in [2.45, 2.75) is 39.3 Å². The second-order valence-corrected chi connectivity index (χ2v) is 8.92. The summed E-state index contributed by atoms with van der Waals surface area (Å²) in [5.41, 5.74) is 3.06. The lowest BCUT2D eigenvalue weighted by molar-refractivity contribution is -0.130. The number of nitrogens with one attached hydrogen (secondary N) is 1. The molecule has 1 aliphatic heterocycles. The van der Waals surface area contributed by atoms with E-state index >= 15 is 0 Å². The molecular formula is C27H29N3O4. The first kappa shape index (κ1) is 23.3. The molecule has 0 bridgehead atoms. The molecule has 1 saturated heterocycles. The summed E-state index contributed by atoms with van der Waals surface area (Å²) in [6, 6.07) is 18.6. The van der Waals surface area contributed by atoms with Crippen LogP contribution >= 0.6 is 0 Å². The minimum absolute atomic E-state index is 0.262. The topological polar surface area (TPSA) is 80.6 Å². The molecule has 4 rings (SSSR count). The quantitative estimate of drug-likeness (QED) is 0.409. The zero-order valence-electron chi connectivity index (χ0n) is 19.9. The highest BCUT2D eigenvalue weighted by Gasteiger charge is 2.48. The second-order valence-electron chi connectivity index (χ2n) is 8.92. The number of para-hydroxylation sites is 1. The number of methoxy groups -OCH3 is 1. The summed E-state index contributed by atoms with van der Waals surface area (Å²) in [6.07, 6.45) is 0.262. The molecule has 2 aromatic carbocycles. The summed E-state index contributed by atoms with van der Waals surface area (Å²) < 4.78 is 7.46. The Kier molecular flexibility index (Phi) is 6.28. The number of amides is 3. The van der Waals surface area contributed by atoms with Gasteiger partial charge in [0, 0.05) is 29.9 Å². The Hall–Kier alpha value is -3.87. The Morgan fingerprint density at radius 2 is 1.71 bits per heavy atom. The number of nitrogens with zero attached hydrogens (tertiary/aromatic N) is 2. The summed E-state index contributed by atoms with van der Waals surface area (Å²) in [7, 11) is 1.56. The third kappa shape index (κ3) is 4.33. The molecule has 7 heteroatoms. The lowest BCUT2D eigenvalue weighted by Crippen LogP contribution is -2.46. The van der Waals surface area contributed by atoms with Crippen molar-refractivity contribution in [2.24, 2.45) is 0 Å². The molecule has 0 radical (unpaired) electrons. The highest BCUT2D eigenvalue weighted by Crippen LogP contribution is 2.28. The minimum atomic E-state index is -1.16. The highest BCUT2D eigenvalue weighted by molar-refractivity contribution is 6.11. The summed E-state index contributed by atoms with van der Waals surface area (Å²) in [5, 5.41) is 2.78. The van der Waals surface area contributed by atoms with Gasteiger partial charge in [0.2, 0.25) is 0 Å². The van der Waals surface area contributed by atoms with E-state index in [1.165, 1.54) is 0 Å². The number of benzene rings is 2. The van der Waals surface area contributed by atoms with Gasteiger partial charge < -0.3 is 14.6 Å². The fraction of sp³-hybridized carbons (Fsp3) is 0.296. The Bertz CT molecular complexity index is 1250. The maximum atomic E-state index is 13.3. The Morgan fingerprint density at radius 3 is 2.41 bits per heavy atom. The van der Waals surface area contributed by atoms with E-state index in [1.807, 2.05) is 74.5 Å². The molecule has 0 unspecified atom stereocenters. The van der Waals surface area contributed by atoms with E-state index < -0.39 is 17.5 Å². The van der Waals surface area contributed by atoms with Gasteiger partial charge in [-0.1, -0.05) is 48.5 Å². The van der Waals surface area contributed by atoms with E-state index in [0.29, 0.717) is 17.9 Å². The van der Waals surface area contributed by atoms with Crippen LogP contribution in [0.2, 0.25) is 0 Å². The third-order valence-corrected chi connectivity index (χ3v) is 6.44. The number of Topliss-reactive ketones (excluding diaryl/α,β-unsaturated/α-hetero) is 1. The van der Waals surface area contributed by atoms with Crippen LogP contribution < -0.4 is 10.1 Å². The minimum Gasteiger partial charge on any atom is -0.496 e. The van der Waals surface area contributed by atoms with Crippen molar-refractivity contribution in [1.29, 1.82) is 0 Å². The summed E-state index contributed by atoms with van der Waals surface area (Å²) in [6.45, 7) is 5.86. The van der Waals surface area contributed by atoms with E-state index in [1.54, 1.807) is 14.0 Å². The van der Waals surface area contributed by atoms with Crippen molar-refractivity contribution in [3.8, 4) is 5.75 Å². The van der Waals surface area contributed by atoms with Gasteiger partial charge in [0.15, 0.2) is 5.78 Å². The molecule has 1 N–H and O–H groups in total. The van der Waals surface area contributed by atoms with Gasteiger partial charge in [-0.15, -0.1) is 0 Å². The molecular weight excluding hydrogens is 430 g/mol. The second kappa shape index (κ2) is 9.17. The van der Waals surface area contributed by atoms with Crippen LogP contribution in [0.25, 0.3) is 0 Å². The lowest BCUT2D eigenvalue weighted by atomic mass is 9.92. The zero-order valence-corrected chi connectivity index (χ0v) is 19.9. The van der Waals surface area contributed by atoms with Crippen LogP contribution in [-0.2, 0) is 17.8 Å². The van der Waals surface area contributed by atoms with Crippen molar-refractivity contribution in [3.63, 3.8) is 0 Å². The number of ketones is 1. The van der Waals surface area contributed by atoms with E-state index in [-0.39, 0.29) is 18.7 Å². The number of hydrogen-bond donors (Lipinski definition) is 1. The van der Waals surface area contributed by atoms with Crippen LogP contribution in [0.5, 0.6) is 5.75 Å². The predicted octanol–water partition coefficient (Wildman–Crippen LogP) is 3.90. The fourth-order valence-corrected chi connectivity index (χ4v) is 4.56. The molecule has 0 spiro atoms. The van der Waals surface area contributed by atoms with Gasteiger partial charge in [0.05, 0.1) is 13.7 Å². The maximum absolute atomic E-state index is 13.3. The largest absolute Gasteiger partial charge is 0.496 e. The fourth-order valence-electron chi connectivity index (χ4n) is 4.56. The molecule has 0 saturated carbocycles. The molecule has 3 amide bonds. The molecule has 3 aromatic rings. The molecule has 1 aliphatic rings. The van der Waals surface area contributed by atoms with E-state index in [0.717, 1.165) is 27.4 Å². The van der Waals surface area contributed by atoms with Crippen LogP contribution in [-0.4, -0.2) is 46.4 Å². The van der Waals surface area contributed by atoms with Gasteiger partial charge in [-0.25, -0.2) is 4.79 Å². The van der Waals surface area contributed by atoms with Gasteiger partial charge in [0.1, 0.15) is 11.3 Å². The van der Waals surface area contributed by atoms with Gasteiger partial charge in [-0.3, -0.25) is 14.5 Å². The first-order valence-corrected chi connectivity index (χ1v) is 11.2. The van der Waals surface area contributed by atoms with Crippen LogP contribution in [0.15, 0.2) is 60.7 Å². The molecule has 7 nitrogen and oxygen atoms in total. The van der Waals surface area contributed by atoms with Crippen LogP contribution in [0.3, 0.4) is 0 Å². The van der Waals surface area contributed by atoms with Gasteiger partial charge in [-0.2, -0.15) is 0 Å². The number of rotatable bonds is 8. The number of imide groups is 1. The number of aryl methyl sites for hydroxylation is 1. The SMILES string of the molecule is COc1ccccc1C[C@]1(C)NC(=O)N(CC(=O)c2cc(C)n(Cc3ccccc3)c2C)C1=O. The highest BCUT2D eigenvalue weighted by atomic mass is 16.5. The molecule has 2 heterocycles. The van der Waals surface area contributed by atoms with Gasteiger partial charge >= 0.3 is 6.03 Å². The van der Waals surface area contributed by atoms with Crippen molar-refractivity contribution in [1.82, 2.24) is 14.8 Å². The van der Waals surface area contributed by atoms with Crippen LogP contribution in [0.4, 0.5) is 4.79 Å². The molecule has 1 atom stereocenters. The number of urea groups is 1. The third-order valence-electron chi connectivity index (χ3n) is 6.44. The Labute approximate surface area is 199 Å². The average Bonchev–Trinajstić information content (AvgIpc) is 3.22. The van der Waals surface area contributed by atoms with Crippen molar-refractivity contribution >= 4 is 17.7 Å². The average molecular weight is 460 g/mol. The monoisotopic (exact) mass is 459 g/mol. The van der Waals surface area contributed by atoms with Gasteiger partial charge in [-0.05, 0) is 44.0 Å². The number of aromatic nitrogens is 1. The normalized spacial score (nSPS) is 17.7. The number of carbonyl (C=O) groups excluding carboxylic acids is 3. The number of ether oxygens (including phenoxy) is 1. The Balaban J connectivity index is 1.52. The summed E-state index contributed by atoms with van der Waals surface area (Å²) >= 11 is 0. The standard InChI is InChI=1S/C27H29N3O4/c1-18-14-22(19(2)29(18)16-20-10-6-5-7-11-20)23(31)17-30-25(32)27(3,28-26(30)33)15-21-12-8-9-13-24(21)34-4/h5-14H,15-17H2,1-4H3,(H,28,33)/t27-/m0/s1. The van der Waals surface area contributed by atoms with Crippen molar-refractivity contribution < 1.29 is 19.1 Å². The first-order valence-electron chi connectivity index (χ1n) is 11.2. The molecule has 34 heavy (non-hydrogen) atoms. The number of carbonyl (C=O) groups is 3. The van der Waals surface area contributed by atoms with Crippen molar-refractivity contribution in [3.05, 3.63) is 88.7 Å². The van der Waals surface area contributed by atoms with E-state index in [4.69, 9.17) is 4.74 Å². The molecule has 0 aliphatic carbocycles. The Morgan fingerprint density at radius 1 is 1.03 bits per heavy atom. The molecule has 1 aromatic heterocycles. The number of hydrogen-bond acceptors (Lipinski definition) is 4. The molecule has 1 fully saturated rings. The van der Waals surface area contributed by atoms with E-state index in [2.05, 4.69) is 9.88 Å². The van der Waals surface area contributed by atoms with E-state index in [9.17, 15) is 14.4 Å². The van der Waals surface area contributed by atoms with Gasteiger partial charge in [0.25, 0.3) is 5.91 Å².